The van der Waals surface area contributed by atoms with Crippen LogP contribution >= 0.6 is 0 Å². The van der Waals surface area contributed by atoms with Crippen molar-refractivity contribution in [1.29, 1.82) is 0 Å². The highest BCUT2D eigenvalue weighted by atomic mass is 16.5. The zero-order valence-corrected chi connectivity index (χ0v) is 15.2. The molecular formula is C18H30N4O2. The topological polar surface area (TPSA) is 58.1 Å². The Hall–Kier alpha value is -1.79. The minimum atomic E-state index is 0.269. The summed E-state index contributed by atoms with van der Waals surface area (Å²) < 4.78 is 10.8. The molecule has 6 heteroatoms. The molecular weight excluding hydrogens is 304 g/mol. The molecule has 134 valence electrons. The summed E-state index contributed by atoms with van der Waals surface area (Å²) >= 11 is 0. The molecule has 1 aromatic carbocycles. The van der Waals surface area contributed by atoms with Crippen LogP contribution in [0.4, 0.5) is 0 Å². The third-order valence-electron chi connectivity index (χ3n) is 4.10. The second-order valence-electron chi connectivity index (χ2n) is 6.19. The summed E-state index contributed by atoms with van der Waals surface area (Å²) in [5, 5.41) is 6.78. The highest BCUT2D eigenvalue weighted by Crippen LogP contribution is 2.23. The van der Waals surface area contributed by atoms with Crippen molar-refractivity contribution < 1.29 is 9.47 Å². The van der Waals surface area contributed by atoms with E-state index in [0.29, 0.717) is 6.04 Å². The normalized spacial score (nSPS) is 17.6. The number of benzene rings is 1. The number of nitrogens with one attached hydrogen (secondary N) is 2. The van der Waals surface area contributed by atoms with E-state index >= 15 is 0 Å². The predicted octanol–water partition coefficient (Wildman–Crippen LogP) is 1.64. The lowest BCUT2D eigenvalue weighted by atomic mass is 10.0. The Bertz CT molecular complexity index is 510. The smallest absolute Gasteiger partial charge is 0.191 e. The highest BCUT2D eigenvalue weighted by Gasteiger charge is 2.23. The quantitative estimate of drug-likeness (QED) is 0.612. The molecule has 1 aromatic rings. The standard InChI is InChI=1S/C18H30N4O2/c1-14(2)21-18(19-3)20-13-17(22-9-11-24-12-10-22)15-5-7-16(23-4)8-6-15/h5-8,14,17H,9-13H2,1-4H3,(H2,19,20,21). The summed E-state index contributed by atoms with van der Waals surface area (Å²) in [5.41, 5.74) is 1.27. The van der Waals surface area contributed by atoms with Crippen molar-refractivity contribution in [3.05, 3.63) is 29.8 Å². The van der Waals surface area contributed by atoms with Crippen LogP contribution in [0.5, 0.6) is 5.75 Å². The van der Waals surface area contributed by atoms with E-state index in [1.54, 1.807) is 14.2 Å². The molecule has 2 N–H and O–H groups in total. The number of ether oxygens (including phenoxy) is 2. The van der Waals surface area contributed by atoms with Crippen LogP contribution in [0.1, 0.15) is 25.5 Å². The predicted molar refractivity (Wildman–Crippen MR) is 97.8 cm³/mol. The molecule has 1 aliphatic heterocycles. The summed E-state index contributed by atoms with van der Waals surface area (Å²) in [7, 11) is 3.49. The maximum absolute atomic E-state index is 5.50. The maximum atomic E-state index is 5.50. The van der Waals surface area contributed by atoms with Gasteiger partial charge >= 0.3 is 0 Å². The summed E-state index contributed by atoms with van der Waals surface area (Å²) in [6.07, 6.45) is 0. The van der Waals surface area contributed by atoms with Crippen molar-refractivity contribution in [2.24, 2.45) is 4.99 Å². The fourth-order valence-corrected chi connectivity index (χ4v) is 2.83. The number of guanidine groups is 1. The molecule has 0 saturated carbocycles. The van der Waals surface area contributed by atoms with Gasteiger partial charge in [0.05, 0.1) is 26.4 Å². The van der Waals surface area contributed by atoms with Gasteiger partial charge in [0.25, 0.3) is 0 Å². The van der Waals surface area contributed by atoms with Gasteiger partial charge in [0.2, 0.25) is 0 Å². The summed E-state index contributed by atoms with van der Waals surface area (Å²) in [6.45, 7) is 8.45. The van der Waals surface area contributed by atoms with Gasteiger partial charge in [0, 0.05) is 32.7 Å². The molecule has 0 spiro atoms. The molecule has 1 fully saturated rings. The Morgan fingerprint density at radius 3 is 2.46 bits per heavy atom. The van der Waals surface area contributed by atoms with E-state index in [2.05, 4.69) is 46.5 Å². The van der Waals surface area contributed by atoms with Crippen LogP contribution in [0.3, 0.4) is 0 Å². The van der Waals surface area contributed by atoms with Crippen LogP contribution in [0.15, 0.2) is 29.3 Å². The van der Waals surface area contributed by atoms with E-state index in [4.69, 9.17) is 9.47 Å². The zero-order chi connectivity index (χ0) is 17.4. The average Bonchev–Trinajstić information content (AvgIpc) is 2.62. The molecule has 1 aliphatic rings. The van der Waals surface area contributed by atoms with Gasteiger partial charge in [0.15, 0.2) is 5.96 Å². The first-order valence-corrected chi connectivity index (χ1v) is 8.57. The zero-order valence-electron chi connectivity index (χ0n) is 15.2. The number of hydrogen-bond acceptors (Lipinski definition) is 4. The van der Waals surface area contributed by atoms with Crippen LogP contribution in [-0.4, -0.2) is 63.9 Å². The minimum absolute atomic E-state index is 0.269. The molecule has 1 atom stereocenters. The molecule has 0 aromatic heterocycles. The number of aliphatic imine (C=N–C) groups is 1. The molecule has 0 bridgehead atoms. The second-order valence-corrected chi connectivity index (χ2v) is 6.19. The fraction of sp³-hybridized carbons (Fsp3) is 0.611. The third-order valence-corrected chi connectivity index (χ3v) is 4.10. The van der Waals surface area contributed by atoms with E-state index < -0.39 is 0 Å². The summed E-state index contributed by atoms with van der Waals surface area (Å²) in [5.74, 6) is 1.71. The van der Waals surface area contributed by atoms with Gasteiger partial charge in [0.1, 0.15) is 5.75 Å². The van der Waals surface area contributed by atoms with Crippen LogP contribution in [0.25, 0.3) is 0 Å². The average molecular weight is 334 g/mol. The van der Waals surface area contributed by atoms with Crippen molar-refractivity contribution in [2.45, 2.75) is 25.9 Å². The second kappa shape index (κ2) is 9.49. The van der Waals surface area contributed by atoms with Gasteiger partial charge < -0.3 is 20.1 Å². The van der Waals surface area contributed by atoms with Crippen LogP contribution in [-0.2, 0) is 4.74 Å². The number of methoxy groups -OCH3 is 1. The highest BCUT2D eigenvalue weighted by molar-refractivity contribution is 5.79. The molecule has 0 aliphatic carbocycles. The van der Waals surface area contributed by atoms with Crippen molar-refractivity contribution in [3.8, 4) is 5.75 Å². The minimum Gasteiger partial charge on any atom is -0.497 e. The number of nitrogens with zero attached hydrogens (tertiary/aromatic N) is 2. The first-order valence-electron chi connectivity index (χ1n) is 8.57. The fourth-order valence-electron chi connectivity index (χ4n) is 2.83. The first kappa shape index (κ1) is 18.5. The van der Waals surface area contributed by atoms with E-state index in [9.17, 15) is 0 Å². The lowest BCUT2D eigenvalue weighted by Gasteiger charge is -2.35. The van der Waals surface area contributed by atoms with Crippen molar-refractivity contribution in [1.82, 2.24) is 15.5 Å². The van der Waals surface area contributed by atoms with Gasteiger partial charge in [-0.2, -0.15) is 0 Å². The molecule has 1 saturated heterocycles. The van der Waals surface area contributed by atoms with E-state index in [0.717, 1.165) is 44.6 Å². The number of morpholine rings is 1. The molecule has 24 heavy (non-hydrogen) atoms. The van der Waals surface area contributed by atoms with E-state index in [-0.39, 0.29) is 6.04 Å². The van der Waals surface area contributed by atoms with Gasteiger partial charge in [-0.3, -0.25) is 9.89 Å². The Morgan fingerprint density at radius 2 is 1.92 bits per heavy atom. The van der Waals surface area contributed by atoms with Crippen molar-refractivity contribution >= 4 is 5.96 Å². The van der Waals surface area contributed by atoms with Crippen molar-refractivity contribution in [2.75, 3.05) is 47.0 Å². The van der Waals surface area contributed by atoms with E-state index in [1.165, 1.54) is 5.56 Å². The summed E-state index contributed by atoms with van der Waals surface area (Å²) in [4.78, 5) is 6.76. The summed E-state index contributed by atoms with van der Waals surface area (Å²) in [6, 6.07) is 8.93. The molecule has 1 unspecified atom stereocenters. The number of hydrogen-bond donors (Lipinski definition) is 2. The first-order chi connectivity index (χ1) is 11.6. The van der Waals surface area contributed by atoms with Gasteiger partial charge in [-0.05, 0) is 31.5 Å². The SMILES string of the molecule is CN=C(NCC(c1ccc(OC)cc1)N1CCOCC1)NC(C)C. The lowest BCUT2D eigenvalue weighted by Crippen LogP contribution is -2.47. The Morgan fingerprint density at radius 1 is 1.25 bits per heavy atom. The van der Waals surface area contributed by atoms with Crippen LogP contribution in [0.2, 0.25) is 0 Å². The number of rotatable bonds is 6. The third kappa shape index (κ3) is 5.39. The molecule has 2 rings (SSSR count). The van der Waals surface area contributed by atoms with Crippen molar-refractivity contribution in [3.63, 3.8) is 0 Å². The van der Waals surface area contributed by atoms with Crippen LogP contribution in [0, 0.1) is 0 Å². The Kier molecular flexibility index (Phi) is 7.34. The molecule has 1 heterocycles. The van der Waals surface area contributed by atoms with Crippen LogP contribution < -0.4 is 15.4 Å². The van der Waals surface area contributed by atoms with Gasteiger partial charge in [-0.25, -0.2) is 0 Å². The Balaban J connectivity index is 2.09. The molecule has 0 amide bonds. The maximum Gasteiger partial charge on any atom is 0.191 e. The van der Waals surface area contributed by atoms with Gasteiger partial charge in [-0.1, -0.05) is 12.1 Å². The molecule has 0 radical (unpaired) electrons. The van der Waals surface area contributed by atoms with Gasteiger partial charge in [-0.15, -0.1) is 0 Å². The lowest BCUT2D eigenvalue weighted by molar-refractivity contribution is 0.0170. The largest absolute Gasteiger partial charge is 0.497 e. The van der Waals surface area contributed by atoms with E-state index in [1.807, 2.05) is 12.1 Å². The Labute approximate surface area is 145 Å². The monoisotopic (exact) mass is 334 g/mol. The molecule has 6 nitrogen and oxygen atoms in total.